The fraction of sp³-hybridized carbons (Fsp3) is 0.471. The van der Waals surface area contributed by atoms with Crippen LogP contribution in [0.25, 0.3) is 5.82 Å². The van der Waals surface area contributed by atoms with Crippen molar-refractivity contribution in [1.82, 2.24) is 25.2 Å². The second-order valence-electron chi connectivity index (χ2n) is 5.92. The molecule has 0 atom stereocenters. The van der Waals surface area contributed by atoms with Gasteiger partial charge in [0.05, 0.1) is 0 Å². The molecule has 130 valence electrons. The summed E-state index contributed by atoms with van der Waals surface area (Å²) in [5.41, 5.74) is 1.13. The van der Waals surface area contributed by atoms with Crippen LogP contribution in [0.1, 0.15) is 37.1 Å². The molecule has 2 heterocycles. The fourth-order valence-corrected chi connectivity index (χ4v) is 2.93. The maximum Gasteiger partial charge on any atom is 0.191 e. The van der Waals surface area contributed by atoms with Gasteiger partial charge in [0.1, 0.15) is 11.6 Å². The molecule has 1 aliphatic carbocycles. The van der Waals surface area contributed by atoms with Crippen molar-refractivity contribution in [2.45, 2.75) is 45.2 Å². The Kier molecular flexibility index (Phi) is 7.01. The zero-order valence-corrected chi connectivity index (χ0v) is 16.5. The molecular weight excluding hydrogens is 415 g/mol. The highest BCUT2D eigenvalue weighted by Crippen LogP contribution is 2.17. The lowest BCUT2D eigenvalue weighted by Crippen LogP contribution is -2.41. The van der Waals surface area contributed by atoms with Gasteiger partial charge in [-0.2, -0.15) is 0 Å². The average molecular weight is 440 g/mol. The molecule has 2 aromatic rings. The molecule has 0 amide bonds. The third-order valence-corrected chi connectivity index (χ3v) is 4.26. The van der Waals surface area contributed by atoms with E-state index < -0.39 is 0 Å². The topological polar surface area (TPSA) is 67.1 Å². The summed E-state index contributed by atoms with van der Waals surface area (Å²) in [6.07, 6.45) is 10.7. The van der Waals surface area contributed by atoms with Crippen LogP contribution < -0.4 is 10.6 Å². The summed E-state index contributed by atoms with van der Waals surface area (Å²) in [6, 6.07) is 4.65. The predicted octanol–water partition coefficient (Wildman–Crippen LogP) is 2.80. The number of aryl methyl sites for hydroxylation is 1. The zero-order chi connectivity index (χ0) is 16.1. The van der Waals surface area contributed by atoms with Gasteiger partial charge in [0.2, 0.25) is 0 Å². The molecule has 24 heavy (non-hydrogen) atoms. The summed E-state index contributed by atoms with van der Waals surface area (Å²) >= 11 is 0. The number of halogens is 1. The Labute approximate surface area is 160 Å². The predicted molar refractivity (Wildman–Crippen MR) is 107 cm³/mol. The van der Waals surface area contributed by atoms with Gasteiger partial charge in [0.25, 0.3) is 0 Å². The highest BCUT2D eigenvalue weighted by molar-refractivity contribution is 14.0. The molecular formula is C17H25IN6. The van der Waals surface area contributed by atoms with Gasteiger partial charge >= 0.3 is 0 Å². The van der Waals surface area contributed by atoms with E-state index in [4.69, 9.17) is 0 Å². The second-order valence-corrected chi connectivity index (χ2v) is 5.92. The van der Waals surface area contributed by atoms with Crippen LogP contribution in [0.2, 0.25) is 0 Å². The van der Waals surface area contributed by atoms with Gasteiger partial charge < -0.3 is 10.6 Å². The number of aromatic nitrogens is 3. The molecule has 0 unspecified atom stereocenters. The number of rotatable bonds is 4. The summed E-state index contributed by atoms with van der Waals surface area (Å²) in [5, 5.41) is 6.84. The lowest BCUT2D eigenvalue weighted by Gasteiger charge is -2.16. The van der Waals surface area contributed by atoms with Gasteiger partial charge in [-0.25, -0.2) is 9.97 Å². The zero-order valence-electron chi connectivity index (χ0n) is 14.2. The van der Waals surface area contributed by atoms with Gasteiger partial charge in [-0.15, -0.1) is 24.0 Å². The quantitative estimate of drug-likeness (QED) is 0.436. The van der Waals surface area contributed by atoms with Crippen molar-refractivity contribution in [2.24, 2.45) is 4.99 Å². The first kappa shape index (κ1) is 18.7. The van der Waals surface area contributed by atoms with E-state index in [0.717, 1.165) is 23.2 Å². The van der Waals surface area contributed by atoms with Crippen molar-refractivity contribution in [3.8, 4) is 5.82 Å². The molecule has 0 bridgehead atoms. The van der Waals surface area contributed by atoms with Crippen LogP contribution in [-0.2, 0) is 6.54 Å². The molecule has 1 aliphatic rings. The highest BCUT2D eigenvalue weighted by atomic mass is 127. The van der Waals surface area contributed by atoms with E-state index in [1.165, 1.54) is 25.7 Å². The summed E-state index contributed by atoms with van der Waals surface area (Å²) < 4.78 is 1.97. The first-order valence-corrected chi connectivity index (χ1v) is 8.18. The number of hydrogen-bond donors (Lipinski definition) is 2. The summed E-state index contributed by atoms with van der Waals surface area (Å²) in [5.74, 6) is 2.69. The number of imidazole rings is 1. The molecule has 2 aromatic heterocycles. The van der Waals surface area contributed by atoms with Crippen molar-refractivity contribution in [3.05, 3.63) is 42.1 Å². The molecule has 0 aromatic carbocycles. The minimum absolute atomic E-state index is 0. The largest absolute Gasteiger partial charge is 0.354 e. The smallest absolute Gasteiger partial charge is 0.191 e. The average Bonchev–Trinajstić information content (AvgIpc) is 3.23. The lowest BCUT2D eigenvalue weighted by atomic mass is 10.2. The van der Waals surface area contributed by atoms with Gasteiger partial charge in [0.15, 0.2) is 5.96 Å². The second kappa shape index (κ2) is 9.00. The van der Waals surface area contributed by atoms with Crippen LogP contribution in [-0.4, -0.2) is 33.6 Å². The summed E-state index contributed by atoms with van der Waals surface area (Å²) in [7, 11) is 1.81. The molecule has 7 heteroatoms. The fourth-order valence-electron chi connectivity index (χ4n) is 2.93. The maximum atomic E-state index is 4.51. The maximum absolute atomic E-state index is 4.51. The molecule has 1 saturated carbocycles. The Balaban J connectivity index is 0.00000208. The number of hydrogen-bond acceptors (Lipinski definition) is 3. The van der Waals surface area contributed by atoms with E-state index in [9.17, 15) is 0 Å². The minimum atomic E-state index is 0. The van der Waals surface area contributed by atoms with E-state index >= 15 is 0 Å². The van der Waals surface area contributed by atoms with Crippen molar-refractivity contribution in [3.63, 3.8) is 0 Å². The molecule has 3 rings (SSSR count). The third-order valence-electron chi connectivity index (χ3n) is 4.26. The Bertz CT molecular complexity index is 658. The summed E-state index contributed by atoms with van der Waals surface area (Å²) in [6.45, 7) is 2.68. The van der Waals surface area contributed by atoms with Gasteiger partial charge in [-0.3, -0.25) is 9.56 Å². The molecule has 1 fully saturated rings. The lowest BCUT2D eigenvalue weighted by molar-refractivity contribution is 0.613. The van der Waals surface area contributed by atoms with Gasteiger partial charge in [0, 0.05) is 38.2 Å². The van der Waals surface area contributed by atoms with Gasteiger partial charge in [-0.05, 0) is 31.4 Å². The van der Waals surface area contributed by atoms with Crippen LogP contribution in [0.5, 0.6) is 0 Å². The number of nitrogens with zero attached hydrogens (tertiary/aromatic N) is 4. The summed E-state index contributed by atoms with van der Waals surface area (Å²) in [4.78, 5) is 13.0. The van der Waals surface area contributed by atoms with E-state index in [0.29, 0.717) is 12.6 Å². The van der Waals surface area contributed by atoms with E-state index in [1.807, 2.05) is 37.0 Å². The van der Waals surface area contributed by atoms with Crippen molar-refractivity contribution in [1.29, 1.82) is 0 Å². The monoisotopic (exact) mass is 440 g/mol. The Morgan fingerprint density at radius 1 is 1.29 bits per heavy atom. The third kappa shape index (κ3) is 4.68. The molecule has 0 aliphatic heterocycles. The first-order chi connectivity index (χ1) is 11.3. The SMILES string of the molecule is CN=C(NCc1ccc(-n2ccnc2C)nc1)NC1CCCC1.I. The molecule has 6 nitrogen and oxygen atoms in total. The van der Waals surface area contributed by atoms with Crippen molar-refractivity contribution < 1.29 is 0 Å². The molecule has 0 spiro atoms. The Morgan fingerprint density at radius 3 is 2.67 bits per heavy atom. The number of pyridine rings is 1. The van der Waals surface area contributed by atoms with Crippen LogP contribution >= 0.6 is 24.0 Å². The normalized spacial score (nSPS) is 15.2. The number of nitrogens with one attached hydrogen (secondary N) is 2. The highest BCUT2D eigenvalue weighted by Gasteiger charge is 2.15. The van der Waals surface area contributed by atoms with Gasteiger partial charge in [-0.1, -0.05) is 18.9 Å². The first-order valence-electron chi connectivity index (χ1n) is 8.18. The van der Waals surface area contributed by atoms with Crippen LogP contribution in [0.15, 0.2) is 35.7 Å². The van der Waals surface area contributed by atoms with Crippen molar-refractivity contribution >= 4 is 29.9 Å². The number of aliphatic imine (C=N–C) groups is 1. The molecule has 0 radical (unpaired) electrons. The Hall–Kier alpha value is -1.64. The van der Waals surface area contributed by atoms with Crippen molar-refractivity contribution in [2.75, 3.05) is 7.05 Å². The van der Waals surface area contributed by atoms with Crippen LogP contribution in [0.3, 0.4) is 0 Å². The van der Waals surface area contributed by atoms with E-state index in [-0.39, 0.29) is 24.0 Å². The Morgan fingerprint density at radius 2 is 2.08 bits per heavy atom. The van der Waals surface area contributed by atoms with Crippen LogP contribution in [0, 0.1) is 6.92 Å². The van der Waals surface area contributed by atoms with E-state index in [2.05, 4.69) is 31.7 Å². The minimum Gasteiger partial charge on any atom is -0.354 e. The van der Waals surface area contributed by atoms with Crippen LogP contribution in [0.4, 0.5) is 0 Å². The number of guanidine groups is 1. The molecule has 0 saturated heterocycles. The standard InChI is InChI=1S/C17H24N6.HI/c1-13-19-9-10-23(13)16-8-7-14(11-20-16)12-21-17(18-2)22-15-5-3-4-6-15;/h7-11,15H,3-6,12H2,1-2H3,(H2,18,21,22);1H. The van der Waals surface area contributed by atoms with E-state index in [1.54, 1.807) is 6.20 Å². The molecule has 2 N–H and O–H groups in total.